The average molecular weight is 375 g/mol. The van der Waals surface area contributed by atoms with E-state index in [0.717, 1.165) is 28.3 Å². The summed E-state index contributed by atoms with van der Waals surface area (Å²) in [7, 11) is 1.53. The van der Waals surface area contributed by atoms with Gasteiger partial charge in [0.2, 0.25) is 11.9 Å². The summed E-state index contributed by atoms with van der Waals surface area (Å²) in [4.78, 5) is 20.8. The number of fused-ring (bicyclic) bond motifs is 3. The van der Waals surface area contributed by atoms with Crippen molar-refractivity contribution in [3.63, 3.8) is 0 Å². The molecular weight excluding hydrogens is 356 g/mol. The Morgan fingerprint density at radius 1 is 1.23 bits per heavy atom. The molecule has 0 unspecified atom stereocenters. The molecule has 26 heavy (non-hydrogen) atoms. The molecule has 2 aromatic heterocycles. The fraction of sp³-hybridized carbons (Fsp3) is 0.412. The van der Waals surface area contributed by atoms with Crippen LogP contribution >= 0.6 is 11.6 Å². The molecule has 136 valence electrons. The average Bonchev–Trinajstić information content (AvgIpc) is 3.03. The van der Waals surface area contributed by atoms with E-state index in [0.29, 0.717) is 31.2 Å². The minimum absolute atomic E-state index is 0.0102. The van der Waals surface area contributed by atoms with Crippen LogP contribution in [0.5, 0.6) is 0 Å². The maximum Gasteiger partial charge on any atom is 0.248 e. The number of ether oxygens (including phenoxy) is 1. The number of amides is 1. The molecule has 0 atom stereocenters. The highest BCUT2D eigenvalue weighted by molar-refractivity contribution is 6.31. The molecule has 0 aliphatic carbocycles. The van der Waals surface area contributed by atoms with Crippen molar-refractivity contribution in [1.29, 1.82) is 0 Å². The third kappa shape index (κ3) is 2.85. The number of anilines is 1. The largest absolute Gasteiger partial charge is 0.375 e. The highest BCUT2D eigenvalue weighted by Gasteiger charge is 2.24. The zero-order chi connectivity index (χ0) is 18.3. The minimum atomic E-state index is 0.0102. The van der Waals surface area contributed by atoms with Crippen molar-refractivity contribution < 1.29 is 9.53 Å². The van der Waals surface area contributed by atoms with Crippen LogP contribution in [-0.4, -0.2) is 70.3 Å². The third-order valence-corrected chi connectivity index (χ3v) is 4.86. The Labute approximate surface area is 155 Å². The molecule has 8 nitrogen and oxygen atoms in total. The first kappa shape index (κ1) is 17.0. The van der Waals surface area contributed by atoms with Crippen molar-refractivity contribution in [2.24, 2.45) is 0 Å². The number of nitrogens with zero attached hydrogens (tertiary/aromatic N) is 6. The Morgan fingerprint density at radius 3 is 2.73 bits per heavy atom. The molecule has 1 aliphatic rings. The molecule has 0 saturated carbocycles. The summed E-state index contributed by atoms with van der Waals surface area (Å²) in [5, 5.41) is 10.1. The van der Waals surface area contributed by atoms with Gasteiger partial charge in [-0.3, -0.25) is 4.79 Å². The van der Waals surface area contributed by atoms with Crippen molar-refractivity contribution in [1.82, 2.24) is 24.5 Å². The van der Waals surface area contributed by atoms with E-state index in [-0.39, 0.29) is 12.5 Å². The van der Waals surface area contributed by atoms with Gasteiger partial charge in [-0.2, -0.15) is 0 Å². The van der Waals surface area contributed by atoms with E-state index in [9.17, 15) is 4.79 Å². The highest BCUT2D eigenvalue weighted by atomic mass is 35.5. The van der Waals surface area contributed by atoms with Crippen molar-refractivity contribution in [2.75, 3.05) is 44.8 Å². The number of benzene rings is 1. The lowest BCUT2D eigenvalue weighted by molar-refractivity contribution is -0.135. The van der Waals surface area contributed by atoms with E-state index in [4.69, 9.17) is 21.3 Å². The number of aryl methyl sites for hydroxylation is 1. The summed E-state index contributed by atoms with van der Waals surface area (Å²) in [5.41, 5.74) is 1.54. The van der Waals surface area contributed by atoms with Crippen LogP contribution in [-0.2, 0) is 9.53 Å². The lowest BCUT2D eigenvalue weighted by atomic mass is 10.2. The molecule has 4 rings (SSSR count). The summed E-state index contributed by atoms with van der Waals surface area (Å²) in [6.07, 6.45) is 0. The summed E-state index contributed by atoms with van der Waals surface area (Å²) in [5.74, 6) is 1.56. The van der Waals surface area contributed by atoms with Gasteiger partial charge in [0.15, 0.2) is 5.65 Å². The van der Waals surface area contributed by atoms with Crippen molar-refractivity contribution in [3.05, 3.63) is 29.0 Å². The number of rotatable bonds is 3. The number of aromatic nitrogens is 4. The lowest BCUT2D eigenvalue weighted by Crippen LogP contribution is -2.50. The summed E-state index contributed by atoms with van der Waals surface area (Å²) >= 11 is 6.14. The molecule has 1 amide bonds. The summed E-state index contributed by atoms with van der Waals surface area (Å²) < 4.78 is 6.90. The Hall–Kier alpha value is -2.45. The Balaban J connectivity index is 1.72. The van der Waals surface area contributed by atoms with Crippen LogP contribution in [0.3, 0.4) is 0 Å². The van der Waals surface area contributed by atoms with Crippen LogP contribution in [0.15, 0.2) is 18.2 Å². The minimum Gasteiger partial charge on any atom is -0.375 e. The van der Waals surface area contributed by atoms with E-state index >= 15 is 0 Å². The molecule has 0 spiro atoms. The summed E-state index contributed by atoms with van der Waals surface area (Å²) in [6, 6.07) is 5.58. The van der Waals surface area contributed by atoms with Crippen LogP contribution < -0.4 is 4.90 Å². The number of halogens is 1. The Bertz CT molecular complexity index is 980. The zero-order valence-electron chi connectivity index (χ0n) is 14.6. The molecule has 9 heteroatoms. The van der Waals surface area contributed by atoms with Gasteiger partial charge in [0.05, 0.1) is 5.52 Å². The Morgan fingerprint density at radius 2 is 2.00 bits per heavy atom. The van der Waals surface area contributed by atoms with Gasteiger partial charge in [-0.05, 0) is 25.1 Å². The van der Waals surface area contributed by atoms with E-state index in [1.807, 2.05) is 34.4 Å². The van der Waals surface area contributed by atoms with E-state index in [1.54, 1.807) is 0 Å². The topological polar surface area (TPSA) is 75.9 Å². The Kier molecular flexibility index (Phi) is 4.37. The van der Waals surface area contributed by atoms with Gasteiger partial charge < -0.3 is 14.5 Å². The second-order valence-electron chi connectivity index (χ2n) is 6.28. The van der Waals surface area contributed by atoms with Gasteiger partial charge in [-0.15, -0.1) is 10.2 Å². The zero-order valence-corrected chi connectivity index (χ0v) is 15.4. The number of hydrogen-bond acceptors (Lipinski definition) is 6. The standard InChI is InChI=1S/C17H19ClN6O2/c1-11-20-21-16-13-4-3-12(18)9-14(13)19-17(24(11)16)23-7-5-22(6-8-23)15(25)10-26-2/h3-4,9H,5-8,10H2,1-2H3. The monoisotopic (exact) mass is 374 g/mol. The maximum absolute atomic E-state index is 12.0. The first-order valence-electron chi connectivity index (χ1n) is 8.41. The summed E-state index contributed by atoms with van der Waals surface area (Å²) in [6.45, 7) is 4.63. The molecule has 3 aromatic rings. The van der Waals surface area contributed by atoms with Crippen LogP contribution in [0, 0.1) is 6.92 Å². The molecule has 1 fully saturated rings. The quantitative estimate of drug-likeness (QED) is 0.692. The molecule has 0 bridgehead atoms. The number of carbonyl (C=O) groups is 1. The molecule has 1 saturated heterocycles. The number of methoxy groups -OCH3 is 1. The smallest absolute Gasteiger partial charge is 0.248 e. The molecule has 1 aliphatic heterocycles. The highest BCUT2D eigenvalue weighted by Crippen LogP contribution is 2.26. The number of hydrogen-bond donors (Lipinski definition) is 0. The van der Waals surface area contributed by atoms with Crippen LogP contribution in [0.1, 0.15) is 5.82 Å². The van der Waals surface area contributed by atoms with Crippen LogP contribution in [0.25, 0.3) is 16.6 Å². The van der Waals surface area contributed by atoms with Gasteiger partial charge >= 0.3 is 0 Å². The van der Waals surface area contributed by atoms with Gasteiger partial charge in [-0.1, -0.05) is 11.6 Å². The third-order valence-electron chi connectivity index (χ3n) is 4.63. The van der Waals surface area contributed by atoms with E-state index < -0.39 is 0 Å². The van der Waals surface area contributed by atoms with Crippen molar-refractivity contribution in [2.45, 2.75) is 6.92 Å². The van der Waals surface area contributed by atoms with Gasteiger partial charge in [0.25, 0.3) is 0 Å². The van der Waals surface area contributed by atoms with Crippen molar-refractivity contribution >= 4 is 40.0 Å². The molecule has 3 heterocycles. The second kappa shape index (κ2) is 6.69. The molecule has 0 radical (unpaired) electrons. The van der Waals surface area contributed by atoms with E-state index in [1.165, 1.54) is 7.11 Å². The number of piperazine rings is 1. The fourth-order valence-electron chi connectivity index (χ4n) is 3.30. The first-order valence-corrected chi connectivity index (χ1v) is 8.79. The van der Waals surface area contributed by atoms with E-state index in [2.05, 4.69) is 15.1 Å². The lowest BCUT2D eigenvalue weighted by Gasteiger charge is -2.35. The SMILES string of the molecule is COCC(=O)N1CCN(c2nc3cc(Cl)ccc3c3nnc(C)n23)CC1. The number of carbonyl (C=O) groups excluding carboxylic acids is 1. The maximum atomic E-state index is 12.0. The predicted octanol–water partition coefficient (Wildman–Crippen LogP) is 1.53. The normalized spacial score (nSPS) is 15.2. The van der Waals surface area contributed by atoms with Crippen molar-refractivity contribution in [3.8, 4) is 0 Å². The van der Waals surface area contributed by atoms with Gasteiger partial charge in [0.1, 0.15) is 12.4 Å². The van der Waals surface area contributed by atoms with Crippen LogP contribution in [0.4, 0.5) is 5.95 Å². The second-order valence-corrected chi connectivity index (χ2v) is 6.72. The molecule has 1 aromatic carbocycles. The molecule has 0 N–H and O–H groups in total. The first-order chi connectivity index (χ1) is 12.6. The van der Waals surface area contributed by atoms with Crippen LogP contribution in [0.2, 0.25) is 5.02 Å². The van der Waals surface area contributed by atoms with Gasteiger partial charge in [-0.25, -0.2) is 9.38 Å². The molecular formula is C17H19ClN6O2. The predicted molar refractivity (Wildman–Crippen MR) is 98.7 cm³/mol. The fourth-order valence-corrected chi connectivity index (χ4v) is 3.47. The van der Waals surface area contributed by atoms with Gasteiger partial charge in [0, 0.05) is 43.7 Å².